The molecule has 2 N–H and O–H groups in total. The number of para-hydroxylation sites is 2. The number of hydrogen-bond donors (Lipinski definition) is 2. The number of aromatic hydroxyl groups is 2. The number of aromatic nitrogens is 2. The summed E-state index contributed by atoms with van der Waals surface area (Å²) in [5.41, 5.74) is 12.7. The van der Waals surface area contributed by atoms with Crippen LogP contribution in [0, 0.1) is 17.7 Å². The number of rotatable bonds is 8. The summed E-state index contributed by atoms with van der Waals surface area (Å²) in [4.78, 5) is 19.9. The van der Waals surface area contributed by atoms with Gasteiger partial charge in [0.15, 0.2) is 0 Å². The second-order valence-electron chi connectivity index (χ2n) is 26.1. The van der Waals surface area contributed by atoms with Gasteiger partial charge >= 0.3 is 0 Å². The number of halogens is 2. The molecule has 10 aromatic carbocycles. The molecule has 0 fully saturated rings. The van der Waals surface area contributed by atoms with Gasteiger partial charge < -0.3 is 10.2 Å². The Morgan fingerprint density at radius 2 is 0.851 bits per heavy atom. The van der Waals surface area contributed by atoms with Gasteiger partial charge in [0.1, 0.15) is 33.1 Å². The van der Waals surface area contributed by atoms with Gasteiger partial charge in [-0.3, -0.25) is 9.98 Å². The fourth-order valence-electron chi connectivity index (χ4n) is 10.8. The maximum atomic E-state index is 15.0. The largest absolute Gasteiger partial charge is 0.507 e. The summed E-state index contributed by atoms with van der Waals surface area (Å²) in [6.07, 6.45) is 3.48. The van der Waals surface area contributed by atoms with E-state index in [1.165, 1.54) is 22.7 Å². The van der Waals surface area contributed by atoms with Gasteiger partial charge in [0.2, 0.25) is 0 Å². The van der Waals surface area contributed by atoms with E-state index in [1.54, 1.807) is 36.7 Å². The third-order valence-corrected chi connectivity index (χ3v) is 17.6. The zero-order valence-corrected chi connectivity index (χ0v) is 54.9. The van der Waals surface area contributed by atoms with E-state index >= 15 is 0 Å². The average molecular weight is 1370 g/mol. The van der Waals surface area contributed by atoms with Gasteiger partial charge in [-0.05, 0) is 104 Å². The molecule has 0 saturated heterocycles. The number of nitrogens with zero attached hydrogens (tertiary/aromatic N) is 4. The molecule has 12 aromatic rings. The summed E-state index contributed by atoms with van der Waals surface area (Å²) in [5, 5.41) is 28.3. The van der Waals surface area contributed by atoms with Crippen LogP contribution in [0.3, 0.4) is 0 Å². The molecule has 0 aliphatic carbocycles. The molecule has 6 nitrogen and oxygen atoms in total. The SMILES string of the molecule is CC(C)(C)c1cc(C=Nc2ccccc2-c2nc3c(-c4[c-]ccc5ccccc45)cc(F)cc3s2)c(O)c(C(C)(C)C)c1.CC(C)(C)c1cc(C=Nc2ccccc2-c2nc3c(-c4cccc5ccccc45)cc(F)cc3s2)c(O)c(C(C)(C)C)c1.[Pt]. The Labute approximate surface area is 531 Å². The first-order valence-corrected chi connectivity index (χ1v) is 30.5. The van der Waals surface area contributed by atoms with Crippen molar-refractivity contribution < 1.29 is 40.1 Å². The minimum atomic E-state index is -0.311. The van der Waals surface area contributed by atoms with Crippen molar-refractivity contribution in [3.63, 3.8) is 0 Å². The van der Waals surface area contributed by atoms with E-state index in [9.17, 15) is 19.0 Å². The van der Waals surface area contributed by atoms with Gasteiger partial charge in [-0.15, -0.1) is 57.2 Å². The van der Waals surface area contributed by atoms with Crippen molar-refractivity contribution in [1.82, 2.24) is 9.97 Å². The van der Waals surface area contributed by atoms with E-state index in [0.29, 0.717) is 16.7 Å². The molecular weight excluding hydrogens is 1300 g/mol. The van der Waals surface area contributed by atoms with E-state index in [1.807, 2.05) is 121 Å². The maximum Gasteiger partial charge on any atom is 0.128 e. The summed E-state index contributed by atoms with van der Waals surface area (Å²) in [6.45, 7) is 25.6. The molecule has 0 atom stereocenters. The topological polar surface area (TPSA) is 91.0 Å². The molecule has 0 aliphatic rings. The van der Waals surface area contributed by atoms with E-state index in [4.69, 9.17) is 20.0 Å². The van der Waals surface area contributed by atoms with E-state index in [0.717, 1.165) is 113 Å². The van der Waals surface area contributed by atoms with Crippen molar-refractivity contribution >= 4 is 88.5 Å². The number of thiazole rings is 2. The van der Waals surface area contributed by atoms with Gasteiger partial charge in [0.05, 0.1) is 21.6 Å². The van der Waals surface area contributed by atoms with Crippen molar-refractivity contribution in [3.8, 4) is 54.9 Å². The number of aliphatic imine (C=N–C) groups is 2. The fourth-order valence-corrected chi connectivity index (χ4v) is 12.9. The Bertz CT molecular complexity index is 4340. The van der Waals surface area contributed by atoms with Crippen LogP contribution in [0.15, 0.2) is 186 Å². The van der Waals surface area contributed by atoms with Gasteiger partial charge in [-0.1, -0.05) is 198 Å². The number of phenols is 2. The molecule has 2 aromatic heterocycles. The molecule has 0 bridgehead atoms. The van der Waals surface area contributed by atoms with Crippen molar-refractivity contribution in [3.05, 3.63) is 227 Å². The molecule has 0 aliphatic heterocycles. The second-order valence-corrected chi connectivity index (χ2v) is 28.1. The van der Waals surface area contributed by atoms with Gasteiger partial charge in [-0.25, -0.2) is 18.7 Å². The summed E-state index contributed by atoms with van der Waals surface area (Å²) in [5.74, 6) is -0.111. The summed E-state index contributed by atoms with van der Waals surface area (Å²) in [6, 6.07) is 59.6. The van der Waals surface area contributed by atoms with Crippen molar-refractivity contribution in [2.75, 3.05) is 0 Å². The van der Waals surface area contributed by atoms with Crippen molar-refractivity contribution in [1.29, 1.82) is 0 Å². The second kappa shape index (κ2) is 24.3. The van der Waals surface area contributed by atoms with Crippen molar-refractivity contribution in [2.45, 2.75) is 105 Å². The van der Waals surface area contributed by atoms with E-state index in [2.05, 4.69) is 119 Å². The molecule has 0 radical (unpaired) electrons. The molecule has 442 valence electrons. The first-order chi connectivity index (χ1) is 40.8. The number of hydrogen-bond acceptors (Lipinski definition) is 8. The van der Waals surface area contributed by atoms with Crippen LogP contribution in [0.5, 0.6) is 11.5 Å². The Morgan fingerprint density at radius 1 is 0.437 bits per heavy atom. The minimum Gasteiger partial charge on any atom is -0.507 e. The zero-order chi connectivity index (χ0) is 61.0. The standard InChI is InChI=1S/C38H35FN2OS.C38H34FN2OS.Pt/c2*1-37(2,3)25-18-24(35(42)31(19-25)38(4,5)6)22-40-32-17-10-9-15-29(32)36-41-34-30(20-26(39)21-33(34)43-36)28-16-11-13-23-12-7-8-14-27(23)28;/h7-22,42H,1-6H3;7-15,17-22,42H,1-6H3;/q;-1;. The van der Waals surface area contributed by atoms with Gasteiger partial charge in [0, 0.05) is 82.7 Å². The Kier molecular flexibility index (Phi) is 17.3. The van der Waals surface area contributed by atoms with Crippen molar-refractivity contribution in [2.24, 2.45) is 9.98 Å². The van der Waals surface area contributed by atoms with Crippen LogP contribution < -0.4 is 0 Å². The van der Waals surface area contributed by atoms with Gasteiger partial charge in [-0.2, -0.15) is 0 Å². The van der Waals surface area contributed by atoms with E-state index < -0.39 is 0 Å². The molecule has 0 saturated carbocycles. The average Bonchev–Trinajstić information content (AvgIpc) is 1.85. The first kappa shape index (κ1) is 62.1. The van der Waals surface area contributed by atoms with Crippen LogP contribution in [0.1, 0.15) is 116 Å². The van der Waals surface area contributed by atoms with Crippen LogP contribution >= 0.6 is 22.7 Å². The molecule has 12 rings (SSSR count). The molecule has 87 heavy (non-hydrogen) atoms. The van der Waals surface area contributed by atoms with Crippen LogP contribution in [0.25, 0.3) is 85.4 Å². The monoisotopic (exact) mass is 1370 g/mol. The Morgan fingerprint density at radius 3 is 1.34 bits per heavy atom. The molecule has 0 unspecified atom stereocenters. The fraction of sp³-hybridized carbons (Fsp3) is 0.211. The normalized spacial score (nSPS) is 12.4. The zero-order valence-electron chi connectivity index (χ0n) is 51.0. The molecule has 0 spiro atoms. The van der Waals surface area contributed by atoms with E-state index in [-0.39, 0.29) is 65.9 Å². The Hall–Kier alpha value is -8.01. The summed E-state index contributed by atoms with van der Waals surface area (Å²) < 4.78 is 31.5. The molecule has 11 heteroatoms. The number of fused-ring (bicyclic) bond motifs is 4. The van der Waals surface area contributed by atoms with Gasteiger partial charge in [0.25, 0.3) is 0 Å². The maximum absolute atomic E-state index is 15.0. The predicted molar refractivity (Wildman–Crippen MR) is 360 cm³/mol. The third kappa shape index (κ3) is 13.0. The van der Waals surface area contributed by atoms with Crippen LogP contribution in [0.2, 0.25) is 0 Å². The van der Waals surface area contributed by atoms with Crippen LogP contribution in [0.4, 0.5) is 20.2 Å². The molecular formula is C76H69F2N4O2PtS2-. The number of phenolic OH excluding ortho intramolecular Hbond substituents is 2. The quantitative estimate of drug-likeness (QED) is 0.117. The number of benzene rings is 10. The molecule has 0 amide bonds. The first-order valence-electron chi connectivity index (χ1n) is 28.9. The Balaban J connectivity index is 0.000000190. The smallest absolute Gasteiger partial charge is 0.128 e. The molecule has 2 heterocycles. The summed E-state index contributed by atoms with van der Waals surface area (Å²) in [7, 11) is 0. The predicted octanol–water partition coefficient (Wildman–Crippen LogP) is 21.7. The van der Waals surface area contributed by atoms with Crippen LogP contribution in [-0.2, 0) is 42.7 Å². The summed E-state index contributed by atoms with van der Waals surface area (Å²) >= 11 is 2.90. The van der Waals surface area contributed by atoms with Crippen LogP contribution in [-0.4, -0.2) is 32.6 Å². The third-order valence-electron chi connectivity index (χ3n) is 15.6. The minimum absolute atomic E-state index is 0.